The van der Waals surface area contributed by atoms with Gasteiger partial charge in [-0.2, -0.15) is 0 Å². The van der Waals surface area contributed by atoms with Crippen LogP contribution < -0.4 is 11.3 Å². The number of nitrogens with one attached hydrogen (secondary N) is 1. The van der Waals surface area contributed by atoms with Crippen LogP contribution in [-0.2, 0) is 9.84 Å². The molecule has 0 saturated carbocycles. The van der Waals surface area contributed by atoms with Crippen LogP contribution in [0.4, 0.5) is 5.69 Å². The maximum atomic E-state index is 11.7. The van der Waals surface area contributed by atoms with E-state index in [1.54, 1.807) is 24.3 Å². The summed E-state index contributed by atoms with van der Waals surface area (Å²) in [5, 5.41) is 0. The van der Waals surface area contributed by atoms with Crippen molar-refractivity contribution in [3.63, 3.8) is 0 Å². The predicted octanol–water partition coefficient (Wildman–Crippen LogP) is 1.55. The SMILES string of the molecule is CCCCS(=O)(=O)c1ccc(NN)cc1. The Morgan fingerprint density at radius 1 is 1.27 bits per heavy atom. The van der Waals surface area contributed by atoms with Crippen molar-refractivity contribution in [1.29, 1.82) is 0 Å². The fourth-order valence-electron chi connectivity index (χ4n) is 1.21. The van der Waals surface area contributed by atoms with E-state index in [9.17, 15) is 8.42 Å². The van der Waals surface area contributed by atoms with Crippen molar-refractivity contribution in [1.82, 2.24) is 0 Å². The quantitative estimate of drug-likeness (QED) is 0.592. The maximum Gasteiger partial charge on any atom is 0.178 e. The van der Waals surface area contributed by atoms with Gasteiger partial charge in [0.1, 0.15) is 0 Å². The van der Waals surface area contributed by atoms with Gasteiger partial charge in [0.15, 0.2) is 9.84 Å². The Morgan fingerprint density at radius 2 is 1.87 bits per heavy atom. The minimum atomic E-state index is -3.12. The van der Waals surface area contributed by atoms with Crippen LogP contribution in [-0.4, -0.2) is 14.2 Å². The largest absolute Gasteiger partial charge is 0.324 e. The Labute approximate surface area is 90.4 Å². The molecular formula is C10H16N2O2S. The van der Waals surface area contributed by atoms with E-state index >= 15 is 0 Å². The van der Waals surface area contributed by atoms with Gasteiger partial charge >= 0.3 is 0 Å². The highest BCUT2D eigenvalue weighted by molar-refractivity contribution is 7.91. The van der Waals surface area contributed by atoms with Crippen molar-refractivity contribution in [2.45, 2.75) is 24.7 Å². The summed E-state index contributed by atoms with van der Waals surface area (Å²) in [6.07, 6.45) is 1.57. The van der Waals surface area contributed by atoms with Crippen LogP contribution in [0.5, 0.6) is 0 Å². The lowest BCUT2D eigenvalue weighted by Gasteiger charge is -2.04. The molecule has 0 amide bonds. The van der Waals surface area contributed by atoms with Gasteiger partial charge in [0.2, 0.25) is 0 Å². The Kier molecular flexibility index (Phi) is 4.11. The summed E-state index contributed by atoms with van der Waals surface area (Å²) >= 11 is 0. The van der Waals surface area contributed by atoms with Crippen molar-refractivity contribution in [3.05, 3.63) is 24.3 Å². The van der Waals surface area contributed by atoms with Crippen molar-refractivity contribution in [2.75, 3.05) is 11.2 Å². The molecule has 1 aromatic carbocycles. The van der Waals surface area contributed by atoms with E-state index in [1.807, 2.05) is 6.92 Å². The first-order valence-corrected chi connectivity index (χ1v) is 6.55. The molecule has 3 N–H and O–H groups in total. The molecule has 0 radical (unpaired) electrons. The molecule has 1 aromatic rings. The number of benzene rings is 1. The average molecular weight is 228 g/mol. The van der Waals surface area contributed by atoms with E-state index in [2.05, 4.69) is 5.43 Å². The number of hydrogen-bond acceptors (Lipinski definition) is 4. The molecule has 15 heavy (non-hydrogen) atoms. The molecule has 1 rings (SSSR count). The summed E-state index contributed by atoms with van der Waals surface area (Å²) in [5.74, 6) is 5.40. The summed E-state index contributed by atoms with van der Waals surface area (Å²) in [7, 11) is -3.12. The second kappa shape index (κ2) is 5.14. The molecule has 0 aromatic heterocycles. The molecule has 0 saturated heterocycles. The Hall–Kier alpha value is -1.07. The van der Waals surface area contributed by atoms with E-state index in [0.29, 0.717) is 17.0 Å². The molecule has 5 heteroatoms. The van der Waals surface area contributed by atoms with Gasteiger partial charge in [0.25, 0.3) is 0 Å². The summed E-state index contributed by atoms with van der Waals surface area (Å²) in [4.78, 5) is 0.356. The van der Waals surface area contributed by atoms with Gasteiger partial charge in [-0.1, -0.05) is 13.3 Å². The zero-order valence-electron chi connectivity index (χ0n) is 8.73. The van der Waals surface area contributed by atoms with Gasteiger partial charge in [-0.05, 0) is 30.7 Å². The molecule has 84 valence electrons. The molecule has 0 unspecified atom stereocenters. The molecular weight excluding hydrogens is 212 g/mol. The second-order valence-electron chi connectivity index (χ2n) is 3.34. The van der Waals surface area contributed by atoms with Gasteiger partial charge < -0.3 is 5.43 Å². The smallest absolute Gasteiger partial charge is 0.178 e. The lowest BCUT2D eigenvalue weighted by molar-refractivity contribution is 0.592. The number of nitrogens with two attached hydrogens (primary N) is 1. The number of anilines is 1. The van der Waals surface area contributed by atoms with Crippen LogP contribution in [0.25, 0.3) is 0 Å². The minimum absolute atomic E-state index is 0.207. The number of sulfone groups is 1. The lowest BCUT2D eigenvalue weighted by atomic mass is 10.3. The zero-order valence-corrected chi connectivity index (χ0v) is 9.55. The number of hydrazine groups is 1. The second-order valence-corrected chi connectivity index (χ2v) is 5.45. The van der Waals surface area contributed by atoms with Crippen molar-refractivity contribution < 1.29 is 8.42 Å². The molecule has 0 heterocycles. The van der Waals surface area contributed by atoms with Gasteiger partial charge in [-0.15, -0.1) is 0 Å². The summed E-state index contributed by atoms with van der Waals surface area (Å²) in [6, 6.07) is 6.44. The van der Waals surface area contributed by atoms with Crippen LogP contribution in [0.15, 0.2) is 29.2 Å². The first-order valence-electron chi connectivity index (χ1n) is 4.89. The third-order valence-corrected chi connectivity index (χ3v) is 3.96. The number of hydrogen-bond donors (Lipinski definition) is 2. The standard InChI is InChI=1S/C10H16N2O2S/c1-2-3-8-15(13,14)10-6-4-9(12-11)5-7-10/h4-7,12H,2-3,8,11H2,1H3. The summed E-state index contributed by atoms with van der Waals surface area (Å²) < 4.78 is 23.5. The van der Waals surface area contributed by atoms with Crippen LogP contribution in [0, 0.1) is 0 Å². The van der Waals surface area contributed by atoms with Crippen LogP contribution in [0.3, 0.4) is 0 Å². The average Bonchev–Trinajstić information content (AvgIpc) is 2.26. The molecule has 0 bridgehead atoms. The fourth-order valence-corrected chi connectivity index (χ4v) is 2.67. The third-order valence-electron chi connectivity index (χ3n) is 2.15. The van der Waals surface area contributed by atoms with Gasteiger partial charge in [-0.3, -0.25) is 5.84 Å². The minimum Gasteiger partial charge on any atom is -0.324 e. The normalized spacial score (nSPS) is 11.3. The Balaban J connectivity index is 2.86. The summed E-state index contributed by atoms with van der Waals surface area (Å²) in [6.45, 7) is 1.97. The van der Waals surface area contributed by atoms with E-state index < -0.39 is 9.84 Å². The van der Waals surface area contributed by atoms with Crippen LogP contribution >= 0.6 is 0 Å². The van der Waals surface area contributed by atoms with Gasteiger partial charge in [0, 0.05) is 5.69 Å². The van der Waals surface area contributed by atoms with Crippen molar-refractivity contribution in [2.24, 2.45) is 5.84 Å². The number of unbranched alkanes of at least 4 members (excludes halogenated alkanes) is 1. The highest BCUT2D eigenvalue weighted by Crippen LogP contribution is 2.15. The maximum absolute atomic E-state index is 11.7. The van der Waals surface area contributed by atoms with E-state index in [4.69, 9.17) is 5.84 Å². The number of nitrogen functional groups attached to an aromatic ring is 1. The molecule has 0 fully saturated rings. The van der Waals surface area contributed by atoms with Crippen LogP contribution in [0.2, 0.25) is 0 Å². The highest BCUT2D eigenvalue weighted by atomic mass is 32.2. The van der Waals surface area contributed by atoms with E-state index in [-0.39, 0.29) is 5.75 Å². The molecule has 0 aliphatic heterocycles. The molecule has 0 aliphatic carbocycles. The lowest BCUT2D eigenvalue weighted by Crippen LogP contribution is -2.08. The number of rotatable bonds is 5. The topological polar surface area (TPSA) is 72.2 Å². The first kappa shape index (κ1) is 12.0. The molecule has 4 nitrogen and oxygen atoms in total. The zero-order chi connectivity index (χ0) is 11.3. The van der Waals surface area contributed by atoms with Gasteiger partial charge in [-0.25, -0.2) is 8.42 Å². The van der Waals surface area contributed by atoms with Gasteiger partial charge in [0.05, 0.1) is 10.6 Å². The third kappa shape index (κ3) is 3.21. The van der Waals surface area contributed by atoms with Crippen molar-refractivity contribution >= 4 is 15.5 Å². The Bertz CT molecular complexity index is 398. The molecule has 0 atom stereocenters. The highest BCUT2D eigenvalue weighted by Gasteiger charge is 2.12. The van der Waals surface area contributed by atoms with E-state index in [0.717, 1.165) is 6.42 Å². The molecule has 0 aliphatic rings. The van der Waals surface area contributed by atoms with Crippen molar-refractivity contribution in [3.8, 4) is 0 Å². The fraction of sp³-hybridized carbons (Fsp3) is 0.400. The Morgan fingerprint density at radius 3 is 2.33 bits per heavy atom. The van der Waals surface area contributed by atoms with E-state index in [1.165, 1.54) is 0 Å². The molecule has 0 spiro atoms. The first-order chi connectivity index (χ1) is 7.10. The van der Waals surface area contributed by atoms with Crippen LogP contribution in [0.1, 0.15) is 19.8 Å². The predicted molar refractivity (Wildman–Crippen MR) is 61.2 cm³/mol. The monoisotopic (exact) mass is 228 g/mol. The summed E-state index contributed by atoms with van der Waals surface area (Å²) in [5.41, 5.74) is 3.15.